The number of nitrogens with two attached hydrogens (primary N) is 1. The van der Waals surface area contributed by atoms with Crippen molar-refractivity contribution in [3.05, 3.63) is 101 Å². The summed E-state index contributed by atoms with van der Waals surface area (Å²) in [5.74, 6) is 6.73. The number of benzene rings is 3. The van der Waals surface area contributed by atoms with Gasteiger partial charge in [0.2, 0.25) is 0 Å². The van der Waals surface area contributed by atoms with Crippen molar-refractivity contribution in [2.45, 2.75) is 59.9 Å². The number of H-pyrrole nitrogens is 1. The molecule has 4 aromatic rings. The van der Waals surface area contributed by atoms with E-state index in [-0.39, 0.29) is 24.0 Å². The lowest BCUT2D eigenvalue weighted by molar-refractivity contribution is -0.245. The number of nitrogens with one attached hydrogen (secondary N) is 1. The fourth-order valence-corrected chi connectivity index (χ4v) is 6.38. The Hall–Kier alpha value is -3.98. The van der Waals surface area contributed by atoms with E-state index in [2.05, 4.69) is 78.9 Å². The average Bonchev–Trinajstić information content (AvgIpc) is 3.40. The fraction of sp³-hybridized carbons (Fsp3) is 0.395. The second-order valence-electron chi connectivity index (χ2n) is 13.6. The Labute approximate surface area is 272 Å². The van der Waals surface area contributed by atoms with Crippen molar-refractivity contribution in [1.29, 1.82) is 0 Å². The van der Waals surface area contributed by atoms with E-state index in [1.165, 1.54) is 39.9 Å². The highest BCUT2D eigenvalue weighted by atomic mass is 19.1. The van der Waals surface area contributed by atoms with E-state index in [1.807, 2.05) is 13.8 Å². The van der Waals surface area contributed by atoms with Gasteiger partial charge in [0.25, 0.3) is 0 Å². The zero-order valence-corrected chi connectivity index (χ0v) is 27.9. The second-order valence-corrected chi connectivity index (χ2v) is 13.6. The molecule has 46 heavy (non-hydrogen) atoms. The number of quaternary nitrogens is 1. The zero-order chi connectivity index (χ0) is 33.0. The van der Waals surface area contributed by atoms with E-state index in [0.717, 1.165) is 32.5 Å². The van der Waals surface area contributed by atoms with Crippen molar-refractivity contribution in [2.75, 3.05) is 26.2 Å². The molecule has 0 aliphatic carbocycles. The minimum Gasteiger partial charge on any atom is -0.461 e. The Balaban J connectivity index is 1.20. The number of fused-ring (bicyclic) bond motifs is 1. The molecule has 244 valence electrons. The van der Waals surface area contributed by atoms with Gasteiger partial charge in [0, 0.05) is 24.0 Å². The lowest BCUT2D eigenvalue weighted by Crippen LogP contribution is -2.48. The molecule has 1 saturated heterocycles. The molecule has 5 rings (SSSR count). The molecule has 0 atom stereocenters. The van der Waals surface area contributed by atoms with Crippen LogP contribution in [-0.4, -0.2) is 47.1 Å². The van der Waals surface area contributed by atoms with Crippen molar-refractivity contribution >= 4 is 22.6 Å². The number of aryl methyl sites for hydroxylation is 1. The highest BCUT2D eigenvalue weighted by Crippen LogP contribution is 2.30. The fourth-order valence-electron chi connectivity index (χ4n) is 6.38. The molecule has 0 bridgehead atoms. The molecule has 0 radical (unpaired) electrons. The van der Waals surface area contributed by atoms with Gasteiger partial charge in [0.05, 0.1) is 18.4 Å². The van der Waals surface area contributed by atoms with Crippen molar-refractivity contribution in [2.24, 2.45) is 17.7 Å². The van der Waals surface area contributed by atoms with Gasteiger partial charge in [-0.05, 0) is 96.6 Å². The predicted octanol–water partition coefficient (Wildman–Crippen LogP) is 6.85. The molecule has 1 aliphatic heterocycles. The van der Waals surface area contributed by atoms with Crippen LogP contribution in [-0.2, 0) is 11.3 Å². The molecule has 3 aromatic carbocycles. The number of rotatable bonds is 11. The Morgan fingerprint density at radius 3 is 2.57 bits per heavy atom. The van der Waals surface area contributed by atoms with Crippen molar-refractivity contribution in [1.82, 2.24) is 14.9 Å². The summed E-state index contributed by atoms with van der Waals surface area (Å²) in [6.45, 7) is 14.5. The van der Waals surface area contributed by atoms with E-state index in [0.29, 0.717) is 40.5 Å². The number of aromatic nitrogens is 1. The molecule has 0 unspecified atom stereocenters. The van der Waals surface area contributed by atoms with E-state index >= 15 is 0 Å². The Morgan fingerprint density at radius 1 is 1.11 bits per heavy atom. The number of ether oxygens (including phenoxy) is 1. The monoisotopic (exact) mass is 626 g/mol. The molecule has 1 aliphatic rings. The predicted molar refractivity (Wildman–Crippen MR) is 184 cm³/mol. The third-order valence-electron chi connectivity index (χ3n) is 8.89. The van der Waals surface area contributed by atoms with Crippen LogP contribution in [0.3, 0.4) is 0 Å². The molecule has 2 heterocycles. The first kappa shape index (κ1) is 33.4. The number of hydrazine groups is 1. The van der Waals surface area contributed by atoms with Crippen LogP contribution in [0.5, 0.6) is 0 Å². The SMILES string of the molecule is Cc1cc(CN2CCC(CN(N)C=C([NH3+])c3c(C(=O)OCC(C)C)[nH]c4ccc(F)cc34)CC2)ccc1-c1cccc(C(C)C)c1. The maximum atomic E-state index is 14.2. The minimum absolute atomic E-state index is 0.192. The highest BCUT2D eigenvalue weighted by Gasteiger charge is 2.25. The maximum Gasteiger partial charge on any atom is 0.355 e. The molecular formula is C38H49FN5O2+. The topological polar surface area (TPSA) is 102 Å². The standard InChI is InChI=1S/C38H48FN5O2/c1-24(2)23-46-38(45)37-36(33-19-31(39)10-12-35(33)42-37)34(40)22-44(41)21-27-13-15-43(16-14-27)20-28-9-11-32(26(5)17-28)30-8-6-7-29(18-30)25(3)4/h6-12,17-19,22,24-25,27,42H,13-16,20-21,23,40-41H2,1-5H3/p+1. The number of carbonyl (C=O) groups is 1. The molecule has 0 amide bonds. The summed E-state index contributed by atoms with van der Waals surface area (Å²) >= 11 is 0. The smallest absolute Gasteiger partial charge is 0.355 e. The summed E-state index contributed by atoms with van der Waals surface area (Å²) in [5.41, 5.74) is 12.7. The third-order valence-corrected chi connectivity index (χ3v) is 8.89. The van der Waals surface area contributed by atoms with Gasteiger partial charge in [0.1, 0.15) is 11.5 Å². The molecular weight excluding hydrogens is 577 g/mol. The summed E-state index contributed by atoms with van der Waals surface area (Å²) in [6.07, 6.45) is 3.83. The number of hydrogen-bond donors (Lipinski definition) is 3. The van der Waals surface area contributed by atoms with E-state index in [9.17, 15) is 9.18 Å². The van der Waals surface area contributed by atoms with E-state index in [4.69, 9.17) is 10.6 Å². The molecule has 7 nitrogen and oxygen atoms in total. The van der Waals surface area contributed by atoms with Gasteiger partial charge in [-0.25, -0.2) is 15.0 Å². The summed E-state index contributed by atoms with van der Waals surface area (Å²) in [4.78, 5) is 18.6. The number of hydrogen-bond acceptors (Lipinski definition) is 5. The largest absolute Gasteiger partial charge is 0.461 e. The lowest BCUT2D eigenvalue weighted by atomic mass is 9.93. The van der Waals surface area contributed by atoms with Crippen LogP contribution in [0.1, 0.15) is 79.2 Å². The van der Waals surface area contributed by atoms with Crippen molar-refractivity contribution in [3.63, 3.8) is 0 Å². The first-order chi connectivity index (χ1) is 22.0. The van der Waals surface area contributed by atoms with Crippen LogP contribution < -0.4 is 11.6 Å². The molecule has 6 N–H and O–H groups in total. The highest BCUT2D eigenvalue weighted by molar-refractivity contribution is 6.03. The minimum atomic E-state index is -0.490. The molecule has 1 aromatic heterocycles. The number of carbonyl (C=O) groups excluding carboxylic acids is 1. The van der Waals surface area contributed by atoms with Crippen LogP contribution in [0.25, 0.3) is 27.7 Å². The zero-order valence-electron chi connectivity index (χ0n) is 27.9. The van der Waals surface area contributed by atoms with Crippen LogP contribution in [0.2, 0.25) is 0 Å². The van der Waals surface area contributed by atoms with Crippen LogP contribution >= 0.6 is 0 Å². The van der Waals surface area contributed by atoms with Crippen LogP contribution in [0.15, 0.2) is 66.9 Å². The molecule has 0 saturated carbocycles. The summed E-state index contributed by atoms with van der Waals surface area (Å²) in [5, 5.41) is 2.23. The average molecular weight is 627 g/mol. The van der Waals surface area contributed by atoms with Gasteiger partial charge >= 0.3 is 5.97 Å². The molecule has 1 fully saturated rings. The number of likely N-dealkylation sites (tertiary alicyclic amines) is 1. The number of halogens is 1. The Morgan fingerprint density at radius 2 is 1.87 bits per heavy atom. The van der Waals surface area contributed by atoms with Crippen molar-refractivity contribution in [3.8, 4) is 11.1 Å². The molecule has 0 spiro atoms. The maximum absolute atomic E-state index is 14.2. The number of aromatic amines is 1. The second kappa shape index (κ2) is 14.6. The first-order valence-corrected chi connectivity index (χ1v) is 16.4. The van der Waals surface area contributed by atoms with Gasteiger partial charge in [-0.15, -0.1) is 0 Å². The first-order valence-electron chi connectivity index (χ1n) is 16.4. The van der Waals surface area contributed by atoms with Crippen LogP contribution in [0, 0.1) is 24.6 Å². The lowest BCUT2D eigenvalue weighted by Gasteiger charge is -2.33. The third kappa shape index (κ3) is 8.05. The van der Waals surface area contributed by atoms with Gasteiger partial charge in [-0.1, -0.05) is 70.2 Å². The quantitative estimate of drug-likeness (QED) is 0.0961. The number of esters is 1. The van der Waals surface area contributed by atoms with Crippen molar-refractivity contribution < 1.29 is 19.7 Å². The summed E-state index contributed by atoms with van der Waals surface area (Å²) in [7, 11) is 0. The normalized spacial score (nSPS) is 14.9. The summed E-state index contributed by atoms with van der Waals surface area (Å²) < 4.78 is 19.7. The Kier molecular flexibility index (Phi) is 10.6. The Bertz CT molecular complexity index is 1700. The van der Waals surface area contributed by atoms with Gasteiger partial charge < -0.3 is 20.5 Å². The van der Waals surface area contributed by atoms with E-state index in [1.54, 1.807) is 17.3 Å². The van der Waals surface area contributed by atoms with Gasteiger partial charge in [-0.2, -0.15) is 0 Å². The number of piperidine rings is 1. The van der Waals surface area contributed by atoms with Gasteiger partial charge in [-0.3, -0.25) is 4.90 Å². The van der Waals surface area contributed by atoms with E-state index < -0.39 is 5.97 Å². The number of nitrogens with zero attached hydrogens (tertiary/aromatic N) is 2. The molecule has 8 heteroatoms. The van der Waals surface area contributed by atoms with Crippen LogP contribution in [0.4, 0.5) is 4.39 Å². The van der Waals surface area contributed by atoms with Gasteiger partial charge in [0.15, 0.2) is 5.70 Å². The summed E-state index contributed by atoms with van der Waals surface area (Å²) in [6, 6.07) is 20.1.